The summed E-state index contributed by atoms with van der Waals surface area (Å²) in [5.41, 5.74) is 8.44. The normalized spacial score (nSPS) is 11.8. The molecule has 0 aliphatic heterocycles. The van der Waals surface area contributed by atoms with E-state index in [0.717, 1.165) is 50.0 Å². The van der Waals surface area contributed by atoms with E-state index < -0.39 is 0 Å². The van der Waals surface area contributed by atoms with Crippen molar-refractivity contribution < 1.29 is 30.4 Å². The van der Waals surface area contributed by atoms with Crippen molar-refractivity contribution in [2.45, 2.75) is 52.4 Å². The Morgan fingerprint density at radius 3 is 2.10 bits per heavy atom. The third kappa shape index (κ3) is 6.64. The number of rotatable bonds is 5. The maximum Gasteiger partial charge on any atom is 4.00 e. The molecule has 51 heavy (non-hydrogen) atoms. The first kappa shape index (κ1) is 35.8. The maximum absolute atomic E-state index is 6.52. The van der Waals surface area contributed by atoms with Crippen LogP contribution in [0.25, 0.3) is 50.0 Å². The van der Waals surface area contributed by atoms with Crippen molar-refractivity contribution in [3.05, 3.63) is 158 Å². The Morgan fingerprint density at radius 1 is 0.647 bits per heavy atom. The Balaban J connectivity index is 0.00000224. The van der Waals surface area contributed by atoms with Gasteiger partial charge in [0.2, 0.25) is 0 Å². The van der Waals surface area contributed by atoms with Crippen molar-refractivity contribution in [1.29, 1.82) is 0 Å². The van der Waals surface area contributed by atoms with Gasteiger partial charge in [-0.2, -0.15) is 18.2 Å². The standard InChI is InChI=1S/C44H38N4O.CH3.Pt/c1-43(2,3)30-19-21-36-37-22-20-35(28-41(37)48(40(36)25-30)42-26-31(23-24-45-42)44(4,5)6)49-34-16-12-15-33(27-34)47-29-46(32-13-8-7-9-14-32)38-17-10-11-18-39(38)47;;/h7-26H,1-6H3;1H3;/q-2;-1;+4. The Labute approximate surface area is 315 Å². The summed E-state index contributed by atoms with van der Waals surface area (Å²) in [5.74, 6) is 2.06. The van der Waals surface area contributed by atoms with Gasteiger partial charge in [0.05, 0.1) is 16.7 Å². The van der Waals surface area contributed by atoms with E-state index in [0.29, 0.717) is 11.5 Å². The number of para-hydroxylation sites is 3. The molecular weight excluding hydrogens is 808 g/mol. The first-order chi connectivity index (χ1) is 23.5. The fourth-order valence-electron chi connectivity index (χ4n) is 6.45. The van der Waals surface area contributed by atoms with Crippen molar-refractivity contribution in [1.82, 2.24) is 14.1 Å². The second-order valence-corrected chi connectivity index (χ2v) is 14.7. The zero-order valence-electron chi connectivity index (χ0n) is 30.1. The molecule has 3 aromatic heterocycles. The summed E-state index contributed by atoms with van der Waals surface area (Å²) in [6, 6.07) is 46.8. The van der Waals surface area contributed by atoms with Crippen LogP contribution in [0, 0.1) is 25.9 Å². The van der Waals surface area contributed by atoms with Crippen molar-refractivity contribution in [3.8, 4) is 28.7 Å². The van der Waals surface area contributed by atoms with E-state index >= 15 is 0 Å². The van der Waals surface area contributed by atoms with E-state index in [2.05, 4.69) is 130 Å². The van der Waals surface area contributed by atoms with E-state index in [1.54, 1.807) is 0 Å². The van der Waals surface area contributed by atoms with Crippen molar-refractivity contribution in [2.24, 2.45) is 0 Å². The van der Waals surface area contributed by atoms with Gasteiger partial charge in [-0.1, -0.05) is 102 Å². The van der Waals surface area contributed by atoms with Crippen molar-refractivity contribution in [2.75, 3.05) is 0 Å². The number of fused-ring (bicyclic) bond motifs is 4. The van der Waals surface area contributed by atoms with E-state index in [1.165, 1.54) is 11.1 Å². The number of hydrogen-bond acceptors (Lipinski definition) is 2. The van der Waals surface area contributed by atoms with Gasteiger partial charge in [-0.05, 0) is 63.4 Å². The average molecular weight is 849 g/mol. The SMILES string of the molecule is CC(C)(C)c1ccnc(-n2c3[c-]c(Oc4[c-]c(-n5[c-][n+](-c6ccccc6)c6ccccc65)ccc4)ccc3c3ccc(C(C)(C)C)cc32)c1.[CH3-].[Pt+4]. The van der Waals surface area contributed by atoms with Gasteiger partial charge in [-0.3, -0.25) is 4.57 Å². The van der Waals surface area contributed by atoms with Crippen LogP contribution < -0.4 is 9.30 Å². The number of aromatic nitrogens is 4. The number of pyridine rings is 1. The average Bonchev–Trinajstić information content (AvgIpc) is 3.64. The molecule has 0 saturated heterocycles. The fourth-order valence-corrected chi connectivity index (χ4v) is 6.45. The van der Waals surface area contributed by atoms with Crippen LogP contribution in [0.3, 0.4) is 0 Å². The molecule has 0 N–H and O–H groups in total. The van der Waals surface area contributed by atoms with E-state index in [9.17, 15) is 0 Å². The van der Waals surface area contributed by atoms with Crippen molar-refractivity contribution in [3.63, 3.8) is 0 Å². The monoisotopic (exact) mass is 848 g/mol. The molecule has 5 nitrogen and oxygen atoms in total. The minimum absolute atomic E-state index is 0. The number of benzene rings is 5. The van der Waals surface area contributed by atoms with Gasteiger partial charge in [0.25, 0.3) is 6.33 Å². The molecule has 0 fully saturated rings. The molecule has 0 aliphatic carbocycles. The smallest absolute Gasteiger partial charge is 0.510 e. The van der Waals surface area contributed by atoms with Crippen LogP contribution in [0.2, 0.25) is 0 Å². The van der Waals surface area contributed by atoms with Crippen LogP contribution >= 0.6 is 0 Å². The molecule has 0 spiro atoms. The molecule has 0 aliphatic rings. The summed E-state index contributed by atoms with van der Waals surface area (Å²) >= 11 is 0. The fraction of sp³-hybridized carbons (Fsp3) is 0.178. The zero-order chi connectivity index (χ0) is 33.9. The van der Waals surface area contributed by atoms with Gasteiger partial charge in [-0.15, -0.1) is 29.7 Å². The van der Waals surface area contributed by atoms with Crippen LogP contribution in [0.5, 0.6) is 11.5 Å². The van der Waals surface area contributed by atoms with Gasteiger partial charge in [0.15, 0.2) is 0 Å². The number of nitrogens with zero attached hydrogens (tertiary/aromatic N) is 4. The summed E-state index contributed by atoms with van der Waals surface area (Å²) in [6.07, 6.45) is 5.44. The van der Waals surface area contributed by atoms with E-state index in [1.807, 2.05) is 65.4 Å². The van der Waals surface area contributed by atoms with Crippen LogP contribution in [0.4, 0.5) is 0 Å². The largest absolute Gasteiger partial charge is 4.00 e. The molecule has 0 bridgehead atoms. The van der Waals surface area contributed by atoms with Gasteiger partial charge in [0.1, 0.15) is 5.82 Å². The summed E-state index contributed by atoms with van der Waals surface area (Å²) < 4.78 is 12.8. The minimum Gasteiger partial charge on any atom is -0.510 e. The number of ether oxygens (including phenoxy) is 1. The Hall–Kier alpha value is -4.99. The molecule has 0 radical (unpaired) electrons. The Morgan fingerprint density at radius 2 is 1.33 bits per heavy atom. The second kappa shape index (κ2) is 13.6. The number of hydrogen-bond donors (Lipinski definition) is 0. The second-order valence-electron chi connectivity index (χ2n) is 14.7. The molecule has 0 unspecified atom stereocenters. The Kier molecular flexibility index (Phi) is 9.56. The molecule has 5 aromatic carbocycles. The first-order valence-electron chi connectivity index (χ1n) is 16.7. The molecule has 8 aromatic rings. The van der Waals surface area contributed by atoms with Crippen molar-refractivity contribution >= 4 is 32.8 Å². The quantitative estimate of drug-likeness (QED) is 0.128. The topological polar surface area (TPSA) is 35.9 Å². The molecule has 3 heterocycles. The number of imidazole rings is 1. The maximum atomic E-state index is 6.52. The molecule has 6 heteroatoms. The molecule has 256 valence electrons. The predicted octanol–water partition coefficient (Wildman–Crippen LogP) is 10.6. The van der Waals surface area contributed by atoms with Crippen LogP contribution in [-0.2, 0) is 31.9 Å². The van der Waals surface area contributed by atoms with Gasteiger partial charge < -0.3 is 21.3 Å². The summed E-state index contributed by atoms with van der Waals surface area (Å²) in [6.45, 7) is 13.4. The molecule has 0 amide bonds. The van der Waals surface area contributed by atoms with Crippen LogP contribution in [0.1, 0.15) is 52.7 Å². The van der Waals surface area contributed by atoms with Gasteiger partial charge in [-0.25, -0.2) is 4.98 Å². The van der Waals surface area contributed by atoms with Gasteiger partial charge in [0, 0.05) is 23.2 Å². The molecule has 0 atom stereocenters. The Bertz CT molecular complexity index is 2500. The van der Waals surface area contributed by atoms with E-state index in [-0.39, 0.29) is 39.3 Å². The molecule has 8 rings (SSSR count). The minimum atomic E-state index is -0.0192. The third-order valence-corrected chi connectivity index (χ3v) is 9.15. The molecule has 0 saturated carbocycles. The summed E-state index contributed by atoms with van der Waals surface area (Å²) in [5, 5.41) is 2.26. The van der Waals surface area contributed by atoms with Gasteiger partial charge >= 0.3 is 21.1 Å². The predicted molar refractivity (Wildman–Crippen MR) is 204 cm³/mol. The molecular formula is C45H41N4OPt+. The van der Waals surface area contributed by atoms with Crippen LogP contribution in [0.15, 0.2) is 121 Å². The van der Waals surface area contributed by atoms with E-state index in [4.69, 9.17) is 9.72 Å². The summed E-state index contributed by atoms with van der Waals surface area (Å²) in [4.78, 5) is 4.88. The summed E-state index contributed by atoms with van der Waals surface area (Å²) in [7, 11) is 0. The first-order valence-corrected chi connectivity index (χ1v) is 16.7. The zero-order valence-corrected chi connectivity index (χ0v) is 32.3. The third-order valence-electron chi connectivity index (χ3n) is 9.15. The van der Waals surface area contributed by atoms with Crippen LogP contribution in [-0.4, -0.2) is 14.1 Å².